The number of hydrogen-bond acceptors (Lipinski definition) is 5. The number of fused-ring (bicyclic) bond motifs is 2. The predicted octanol–water partition coefficient (Wildman–Crippen LogP) is 5.72. The summed E-state index contributed by atoms with van der Waals surface area (Å²) in [6.45, 7) is 0. The number of nitrogens with one attached hydrogen (secondary N) is 1. The average Bonchev–Trinajstić information content (AvgIpc) is 3.43. The summed E-state index contributed by atoms with van der Waals surface area (Å²) < 4.78 is 7.15. The maximum Gasteiger partial charge on any atom is 0.427 e. The van der Waals surface area contributed by atoms with E-state index in [-0.39, 0.29) is 11.2 Å². The van der Waals surface area contributed by atoms with Crippen molar-refractivity contribution in [2.45, 2.75) is 25.7 Å². The number of rotatable bonds is 3. The molecule has 7 nitrogen and oxygen atoms in total. The summed E-state index contributed by atoms with van der Waals surface area (Å²) in [5, 5.41) is 5.37. The summed E-state index contributed by atoms with van der Waals surface area (Å²) in [6, 6.07) is 21.6. The predicted molar refractivity (Wildman–Crippen MR) is 141 cm³/mol. The van der Waals surface area contributed by atoms with Crippen molar-refractivity contribution in [2.24, 2.45) is 4.99 Å². The first-order chi connectivity index (χ1) is 17.7. The third kappa shape index (κ3) is 4.05. The third-order valence-electron chi connectivity index (χ3n) is 6.26. The van der Waals surface area contributed by atoms with Gasteiger partial charge in [0.1, 0.15) is 0 Å². The van der Waals surface area contributed by atoms with Gasteiger partial charge in [-0.3, -0.25) is 0 Å². The number of anilines is 1. The standard InChI is InChI=1S/C28H22N4O3S/c33-27(29-18-10-3-1-4-11-18)31-25-24-23(22-16-9-17-36-22)20-14-7-8-15-21(20)30-26(24)35-28(34)32(25)19-12-5-2-6-13-19/h1-6,9-13,16-17H,7-8,14-15H2,(H,29,33)/b31-25-. The van der Waals surface area contributed by atoms with Crippen LogP contribution in [0.1, 0.15) is 24.1 Å². The molecule has 3 heterocycles. The highest BCUT2D eigenvalue weighted by atomic mass is 32.1. The van der Waals surface area contributed by atoms with Gasteiger partial charge in [0.25, 0.3) is 0 Å². The average molecular weight is 495 g/mol. The van der Waals surface area contributed by atoms with E-state index in [2.05, 4.69) is 10.3 Å². The Morgan fingerprint density at radius 1 is 0.972 bits per heavy atom. The molecule has 0 fully saturated rings. The van der Waals surface area contributed by atoms with E-state index in [1.54, 1.807) is 35.6 Å². The number of aryl methyl sites for hydroxylation is 1. The number of urea groups is 1. The Morgan fingerprint density at radius 2 is 1.72 bits per heavy atom. The summed E-state index contributed by atoms with van der Waals surface area (Å²) in [4.78, 5) is 36.7. The fourth-order valence-corrected chi connectivity index (χ4v) is 5.50. The van der Waals surface area contributed by atoms with Gasteiger partial charge in [-0.1, -0.05) is 42.5 Å². The van der Waals surface area contributed by atoms with E-state index in [1.165, 1.54) is 4.57 Å². The molecule has 1 N–H and O–H groups in total. The van der Waals surface area contributed by atoms with Gasteiger partial charge in [0.2, 0.25) is 5.71 Å². The molecule has 0 saturated carbocycles. The number of aromatic nitrogens is 2. The Bertz CT molecular complexity index is 1690. The monoisotopic (exact) mass is 494 g/mol. The summed E-state index contributed by atoms with van der Waals surface area (Å²) in [5.74, 6) is -0.652. The largest absolute Gasteiger partial charge is 0.427 e. The van der Waals surface area contributed by atoms with E-state index in [1.807, 2.05) is 53.9 Å². The van der Waals surface area contributed by atoms with Gasteiger partial charge in [-0.25, -0.2) is 19.1 Å². The molecular formula is C28H22N4O3S. The molecule has 5 aromatic rings. The molecule has 3 aromatic heterocycles. The van der Waals surface area contributed by atoms with Crippen LogP contribution in [0.3, 0.4) is 0 Å². The van der Waals surface area contributed by atoms with Crippen molar-refractivity contribution >= 4 is 34.2 Å². The number of amides is 2. The van der Waals surface area contributed by atoms with Crippen LogP contribution in [0.15, 0.2) is 92.4 Å². The van der Waals surface area contributed by atoms with Gasteiger partial charge in [0, 0.05) is 21.8 Å². The number of carbonyl (C=O) groups is 1. The molecule has 36 heavy (non-hydrogen) atoms. The second-order valence-electron chi connectivity index (χ2n) is 8.55. The zero-order valence-electron chi connectivity index (χ0n) is 19.3. The Kier molecular flexibility index (Phi) is 5.79. The number of nitrogens with zero attached hydrogens (tertiary/aromatic N) is 3. The molecule has 178 valence electrons. The van der Waals surface area contributed by atoms with Crippen molar-refractivity contribution in [1.29, 1.82) is 0 Å². The summed E-state index contributed by atoms with van der Waals surface area (Å²) in [5.41, 5.74) is 4.56. The maximum absolute atomic E-state index is 13.3. The molecular weight excluding hydrogens is 472 g/mol. The van der Waals surface area contributed by atoms with E-state index in [0.717, 1.165) is 47.4 Å². The first-order valence-corrected chi connectivity index (χ1v) is 12.7. The van der Waals surface area contributed by atoms with Crippen LogP contribution in [0.4, 0.5) is 10.5 Å². The molecule has 0 radical (unpaired) electrons. The molecule has 0 atom stereocenters. The minimum absolute atomic E-state index is 0.197. The van der Waals surface area contributed by atoms with Crippen molar-refractivity contribution < 1.29 is 9.21 Å². The fraction of sp³-hybridized carbons (Fsp3) is 0.143. The Hall–Kier alpha value is -4.30. The van der Waals surface area contributed by atoms with E-state index < -0.39 is 11.8 Å². The van der Waals surface area contributed by atoms with E-state index in [4.69, 9.17) is 9.40 Å². The minimum atomic E-state index is -0.652. The molecule has 0 unspecified atom stereocenters. The van der Waals surface area contributed by atoms with Crippen molar-refractivity contribution in [2.75, 3.05) is 5.32 Å². The number of thiophene rings is 1. The van der Waals surface area contributed by atoms with Gasteiger partial charge in [0.15, 0.2) is 5.49 Å². The fourth-order valence-electron chi connectivity index (χ4n) is 4.70. The molecule has 1 aliphatic carbocycles. The number of benzene rings is 2. The van der Waals surface area contributed by atoms with Gasteiger partial charge in [0.05, 0.1) is 11.1 Å². The molecule has 0 saturated heterocycles. The highest BCUT2D eigenvalue weighted by molar-refractivity contribution is 7.13. The smallest absolute Gasteiger partial charge is 0.390 e. The number of hydrogen-bond donors (Lipinski definition) is 1. The molecule has 0 aliphatic heterocycles. The maximum atomic E-state index is 13.3. The van der Waals surface area contributed by atoms with Crippen molar-refractivity contribution in [3.05, 3.63) is 105 Å². The quantitative estimate of drug-likeness (QED) is 0.347. The van der Waals surface area contributed by atoms with Crippen LogP contribution >= 0.6 is 11.3 Å². The Labute approximate surface area is 210 Å². The molecule has 0 spiro atoms. The summed E-state index contributed by atoms with van der Waals surface area (Å²) in [7, 11) is 0. The van der Waals surface area contributed by atoms with Crippen molar-refractivity contribution in [3.8, 4) is 16.1 Å². The molecule has 2 aromatic carbocycles. The van der Waals surface area contributed by atoms with Crippen LogP contribution in [0.5, 0.6) is 0 Å². The van der Waals surface area contributed by atoms with Gasteiger partial charge < -0.3 is 9.73 Å². The van der Waals surface area contributed by atoms with Crippen LogP contribution < -0.4 is 16.6 Å². The van der Waals surface area contributed by atoms with Crippen LogP contribution in [-0.4, -0.2) is 15.6 Å². The van der Waals surface area contributed by atoms with E-state index >= 15 is 0 Å². The molecule has 2 amide bonds. The van der Waals surface area contributed by atoms with Crippen LogP contribution in [0.25, 0.3) is 27.2 Å². The lowest BCUT2D eigenvalue weighted by Gasteiger charge is -2.20. The number of para-hydroxylation sites is 2. The number of pyridine rings is 1. The number of carbonyl (C=O) groups excluding carboxylic acids is 1. The van der Waals surface area contributed by atoms with Crippen molar-refractivity contribution in [3.63, 3.8) is 0 Å². The van der Waals surface area contributed by atoms with Crippen molar-refractivity contribution in [1.82, 2.24) is 9.55 Å². The highest BCUT2D eigenvalue weighted by Crippen LogP contribution is 2.37. The zero-order valence-corrected chi connectivity index (χ0v) is 20.1. The highest BCUT2D eigenvalue weighted by Gasteiger charge is 2.24. The third-order valence-corrected chi connectivity index (χ3v) is 7.14. The first kappa shape index (κ1) is 22.2. The van der Waals surface area contributed by atoms with Gasteiger partial charge in [-0.2, -0.15) is 4.99 Å². The Balaban J connectivity index is 1.72. The second kappa shape index (κ2) is 9.39. The molecule has 8 heteroatoms. The van der Waals surface area contributed by atoms with Gasteiger partial charge in [-0.15, -0.1) is 11.3 Å². The summed E-state index contributed by atoms with van der Waals surface area (Å²) >= 11 is 1.60. The molecule has 0 bridgehead atoms. The zero-order chi connectivity index (χ0) is 24.5. The normalized spacial score (nSPS) is 13.5. The minimum Gasteiger partial charge on any atom is -0.390 e. The first-order valence-electron chi connectivity index (χ1n) is 11.8. The lowest BCUT2D eigenvalue weighted by Crippen LogP contribution is -2.34. The lowest BCUT2D eigenvalue weighted by molar-refractivity contribution is 0.258. The van der Waals surface area contributed by atoms with Crippen LogP contribution in [-0.2, 0) is 12.8 Å². The van der Waals surface area contributed by atoms with E-state index in [9.17, 15) is 9.59 Å². The van der Waals surface area contributed by atoms with E-state index in [0.29, 0.717) is 16.8 Å². The van der Waals surface area contributed by atoms with Gasteiger partial charge >= 0.3 is 11.8 Å². The second-order valence-corrected chi connectivity index (χ2v) is 9.49. The van der Waals surface area contributed by atoms with Crippen LogP contribution in [0, 0.1) is 0 Å². The topological polar surface area (TPSA) is 89.5 Å². The van der Waals surface area contributed by atoms with Gasteiger partial charge in [-0.05, 0) is 67.0 Å². The van der Waals surface area contributed by atoms with Crippen LogP contribution in [0.2, 0.25) is 0 Å². The SMILES string of the molecule is O=C(/N=c1/c2c(-c3cccs3)c3c(nc2oc(=O)n1-c1ccccc1)CCCC3)Nc1ccccc1. The summed E-state index contributed by atoms with van der Waals surface area (Å²) in [6.07, 6.45) is 3.77. The lowest BCUT2D eigenvalue weighted by atomic mass is 9.90. The Morgan fingerprint density at radius 3 is 2.47 bits per heavy atom. The molecule has 6 rings (SSSR count). The molecule has 1 aliphatic rings.